The van der Waals surface area contributed by atoms with Gasteiger partial charge < -0.3 is 5.73 Å². The van der Waals surface area contributed by atoms with Crippen molar-refractivity contribution >= 4 is 28.7 Å². The van der Waals surface area contributed by atoms with E-state index in [-0.39, 0.29) is 0 Å². The van der Waals surface area contributed by atoms with Crippen LogP contribution >= 0.6 is 23.8 Å². The third-order valence-corrected chi connectivity index (χ3v) is 1.81. The van der Waals surface area contributed by atoms with Crippen molar-refractivity contribution in [1.82, 2.24) is 4.37 Å². The summed E-state index contributed by atoms with van der Waals surface area (Å²) in [7, 11) is 0. The molecular formula is C4H4N2S2. The van der Waals surface area contributed by atoms with Crippen LogP contribution in [-0.4, -0.2) is 9.36 Å². The summed E-state index contributed by atoms with van der Waals surface area (Å²) in [5.41, 5.74) is 5.26. The molecular weight excluding hydrogens is 140 g/mol. The second kappa shape index (κ2) is 2.19. The van der Waals surface area contributed by atoms with Crippen molar-refractivity contribution in [3.63, 3.8) is 0 Å². The van der Waals surface area contributed by atoms with E-state index in [0.717, 1.165) is 4.88 Å². The van der Waals surface area contributed by atoms with Gasteiger partial charge in [0.25, 0.3) is 0 Å². The van der Waals surface area contributed by atoms with E-state index in [1.807, 2.05) is 0 Å². The van der Waals surface area contributed by atoms with E-state index < -0.39 is 0 Å². The minimum absolute atomic E-state index is 0.424. The Morgan fingerprint density at radius 1 is 1.88 bits per heavy atom. The summed E-state index contributed by atoms with van der Waals surface area (Å²) in [4.78, 5) is 1.30. The lowest BCUT2D eigenvalue weighted by Crippen LogP contribution is -2.06. The summed E-state index contributed by atoms with van der Waals surface area (Å²) in [5.74, 6) is 0. The molecule has 42 valence electrons. The van der Waals surface area contributed by atoms with Gasteiger partial charge in [0, 0.05) is 6.20 Å². The van der Waals surface area contributed by atoms with E-state index in [2.05, 4.69) is 16.6 Å². The second-order valence-electron chi connectivity index (χ2n) is 1.24. The highest BCUT2D eigenvalue weighted by atomic mass is 32.1. The molecule has 0 aliphatic carbocycles. The Kier molecular flexibility index (Phi) is 1.55. The maximum absolute atomic E-state index is 5.26. The Hall–Kier alpha value is -0.480. The summed E-state index contributed by atoms with van der Waals surface area (Å²) in [6.07, 6.45) is 1.68. The highest BCUT2D eigenvalue weighted by Crippen LogP contribution is 2.02. The first-order chi connectivity index (χ1) is 3.80. The molecule has 8 heavy (non-hydrogen) atoms. The van der Waals surface area contributed by atoms with Crippen molar-refractivity contribution in [2.45, 2.75) is 0 Å². The first-order valence-corrected chi connectivity index (χ1v) is 3.19. The Labute approximate surface area is 56.5 Å². The van der Waals surface area contributed by atoms with E-state index >= 15 is 0 Å². The molecule has 0 saturated carbocycles. The lowest BCUT2D eigenvalue weighted by atomic mass is 10.5. The Morgan fingerprint density at radius 3 is 2.88 bits per heavy atom. The van der Waals surface area contributed by atoms with Gasteiger partial charge in [-0.25, -0.2) is 4.37 Å². The molecule has 1 aromatic rings. The molecule has 1 aromatic heterocycles. The number of nitrogens with zero attached hydrogens (tertiary/aromatic N) is 1. The van der Waals surface area contributed by atoms with Gasteiger partial charge in [-0.1, -0.05) is 12.2 Å². The van der Waals surface area contributed by atoms with Crippen LogP contribution in [0.25, 0.3) is 0 Å². The van der Waals surface area contributed by atoms with Crippen LogP contribution < -0.4 is 5.73 Å². The summed E-state index contributed by atoms with van der Waals surface area (Å²) in [6.45, 7) is 0. The SMILES string of the molecule is NC(=S)c1ccns1. The lowest BCUT2D eigenvalue weighted by Gasteiger charge is -1.82. The minimum Gasteiger partial charge on any atom is -0.389 e. The topological polar surface area (TPSA) is 38.9 Å². The van der Waals surface area contributed by atoms with Crippen molar-refractivity contribution in [3.8, 4) is 0 Å². The van der Waals surface area contributed by atoms with E-state index in [0.29, 0.717) is 4.99 Å². The third-order valence-electron chi connectivity index (χ3n) is 0.681. The average Bonchev–Trinajstić information content (AvgIpc) is 2.12. The highest BCUT2D eigenvalue weighted by Gasteiger charge is 1.93. The fourth-order valence-electron chi connectivity index (χ4n) is 0.343. The van der Waals surface area contributed by atoms with E-state index in [1.54, 1.807) is 12.3 Å². The predicted molar refractivity (Wildman–Crippen MR) is 38.0 cm³/mol. The van der Waals surface area contributed by atoms with E-state index in [1.165, 1.54) is 11.5 Å². The quantitative estimate of drug-likeness (QED) is 0.592. The summed E-state index contributed by atoms with van der Waals surface area (Å²) < 4.78 is 3.82. The largest absolute Gasteiger partial charge is 0.389 e. The number of nitrogens with two attached hydrogens (primary N) is 1. The number of aromatic nitrogens is 1. The molecule has 4 heteroatoms. The molecule has 0 bridgehead atoms. The summed E-state index contributed by atoms with van der Waals surface area (Å²) >= 11 is 5.98. The van der Waals surface area contributed by atoms with Crippen LogP contribution in [0.5, 0.6) is 0 Å². The van der Waals surface area contributed by atoms with Crippen molar-refractivity contribution < 1.29 is 0 Å². The van der Waals surface area contributed by atoms with Crippen LogP contribution in [0.1, 0.15) is 4.88 Å². The fourth-order valence-corrected chi connectivity index (χ4v) is 0.970. The van der Waals surface area contributed by atoms with Gasteiger partial charge in [-0.3, -0.25) is 0 Å². The Balaban J connectivity index is 2.93. The number of rotatable bonds is 1. The van der Waals surface area contributed by atoms with Crippen molar-refractivity contribution in [1.29, 1.82) is 0 Å². The zero-order valence-electron chi connectivity index (χ0n) is 4.00. The van der Waals surface area contributed by atoms with Crippen molar-refractivity contribution in [2.75, 3.05) is 0 Å². The van der Waals surface area contributed by atoms with Crippen LogP contribution in [0, 0.1) is 0 Å². The normalized spacial score (nSPS) is 9.00. The van der Waals surface area contributed by atoms with Crippen molar-refractivity contribution in [2.24, 2.45) is 5.73 Å². The third kappa shape index (κ3) is 1.02. The Morgan fingerprint density at radius 2 is 2.62 bits per heavy atom. The molecule has 0 atom stereocenters. The molecule has 0 aliphatic rings. The second-order valence-corrected chi connectivity index (χ2v) is 2.51. The number of hydrogen-bond acceptors (Lipinski definition) is 3. The minimum atomic E-state index is 0.424. The van der Waals surface area contributed by atoms with Crippen LogP contribution in [0.4, 0.5) is 0 Å². The molecule has 0 aliphatic heterocycles. The Bertz CT molecular complexity index is 180. The molecule has 0 spiro atoms. The molecule has 2 nitrogen and oxygen atoms in total. The van der Waals surface area contributed by atoms with Crippen LogP contribution in [0.2, 0.25) is 0 Å². The molecule has 0 fully saturated rings. The zero-order valence-corrected chi connectivity index (χ0v) is 5.63. The number of hydrogen-bond donors (Lipinski definition) is 1. The lowest BCUT2D eigenvalue weighted by molar-refractivity contribution is 1.58. The first kappa shape index (κ1) is 5.65. The van der Waals surface area contributed by atoms with Crippen LogP contribution in [-0.2, 0) is 0 Å². The van der Waals surface area contributed by atoms with Crippen LogP contribution in [0.3, 0.4) is 0 Å². The molecule has 1 heterocycles. The van der Waals surface area contributed by atoms with Gasteiger partial charge in [0.05, 0.1) is 4.88 Å². The van der Waals surface area contributed by atoms with Crippen molar-refractivity contribution in [3.05, 3.63) is 17.1 Å². The number of thiocarbonyl (C=S) groups is 1. The molecule has 0 saturated heterocycles. The van der Waals surface area contributed by atoms with E-state index in [4.69, 9.17) is 5.73 Å². The maximum Gasteiger partial charge on any atom is 0.115 e. The molecule has 0 unspecified atom stereocenters. The highest BCUT2D eigenvalue weighted by molar-refractivity contribution is 7.81. The standard InChI is InChI=1S/C4H4N2S2/c5-4(7)3-1-2-6-8-3/h1-2H,(H2,5,7). The molecule has 0 radical (unpaired) electrons. The van der Waals surface area contributed by atoms with Gasteiger partial charge in [0.2, 0.25) is 0 Å². The van der Waals surface area contributed by atoms with Crippen LogP contribution in [0.15, 0.2) is 12.3 Å². The van der Waals surface area contributed by atoms with Gasteiger partial charge in [-0.2, -0.15) is 0 Å². The average molecular weight is 144 g/mol. The smallest absolute Gasteiger partial charge is 0.115 e. The monoisotopic (exact) mass is 144 g/mol. The van der Waals surface area contributed by atoms with Gasteiger partial charge >= 0.3 is 0 Å². The predicted octanol–water partition coefficient (Wildman–Crippen LogP) is 0.777. The summed E-state index contributed by atoms with van der Waals surface area (Å²) in [5, 5.41) is 0. The van der Waals surface area contributed by atoms with Gasteiger partial charge in [-0.15, -0.1) is 0 Å². The van der Waals surface area contributed by atoms with Gasteiger partial charge in [0.15, 0.2) is 0 Å². The van der Waals surface area contributed by atoms with E-state index in [9.17, 15) is 0 Å². The molecule has 1 rings (SSSR count). The molecule has 0 aromatic carbocycles. The fraction of sp³-hybridized carbons (Fsp3) is 0. The molecule has 0 amide bonds. The summed E-state index contributed by atoms with van der Waals surface area (Å²) in [6, 6.07) is 1.80. The van der Waals surface area contributed by atoms with Gasteiger partial charge in [0.1, 0.15) is 4.99 Å². The molecule has 2 N–H and O–H groups in total. The first-order valence-electron chi connectivity index (χ1n) is 2.01. The maximum atomic E-state index is 5.26. The zero-order chi connectivity index (χ0) is 5.98. The van der Waals surface area contributed by atoms with Gasteiger partial charge in [-0.05, 0) is 17.6 Å².